The van der Waals surface area contributed by atoms with E-state index < -0.39 is 11.7 Å². The Balaban J connectivity index is 1.84. The molecule has 1 aliphatic heterocycles. The van der Waals surface area contributed by atoms with Crippen molar-refractivity contribution in [3.05, 3.63) is 71.1 Å². The maximum atomic E-state index is 13.5. The molecule has 0 radical (unpaired) electrons. The largest absolute Gasteiger partial charge is 0.859 e. The number of allylic oxidation sites excluding steroid dienone is 3. The summed E-state index contributed by atoms with van der Waals surface area (Å²) < 4.78 is 20.6. The van der Waals surface area contributed by atoms with Crippen molar-refractivity contribution >= 4 is 5.90 Å². The monoisotopic (exact) mass is 304 g/mol. The van der Waals surface area contributed by atoms with Crippen LogP contribution in [-0.4, -0.2) is 17.5 Å². The lowest BCUT2D eigenvalue weighted by molar-refractivity contribution is -0.733. The highest BCUT2D eigenvalue weighted by atomic mass is 19.1. The fraction of sp³-hybridized carbons (Fsp3) is 0.143. The molecule has 0 amide bonds. The maximum Gasteiger partial charge on any atom is 0.254 e. The molecule has 0 bridgehead atoms. The molecule has 2 heterocycles. The number of hydrogen-bond acceptors (Lipinski definition) is 6. The van der Waals surface area contributed by atoms with E-state index in [1.54, 1.807) is 23.2 Å². The molecule has 0 saturated heterocycles. The summed E-state index contributed by atoms with van der Waals surface area (Å²) >= 11 is 0. The number of nitroso groups, excluding NO2 is 1. The molecule has 0 saturated carbocycles. The summed E-state index contributed by atoms with van der Waals surface area (Å²) in [7, 11) is 0. The molecule has 1 aliphatic rings. The highest BCUT2D eigenvalue weighted by Gasteiger charge is 2.10. The Hall–Kier alpha value is -2.87. The van der Waals surface area contributed by atoms with Crippen LogP contribution in [-0.2, 0) is 11.5 Å². The number of pyridine rings is 1. The molecule has 0 unspecified atom stereocenters. The molecule has 0 fully saturated rings. The zero-order valence-corrected chi connectivity index (χ0v) is 11.5. The molecule has 0 atom stereocenters. The highest BCUT2D eigenvalue weighted by molar-refractivity contribution is 5.87. The van der Waals surface area contributed by atoms with E-state index in [9.17, 15) is 14.4 Å². The van der Waals surface area contributed by atoms with Gasteiger partial charge in [0.2, 0.25) is 0 Å². The summed E-state index contributed by atoms with van der Waals surface area (Å²) in [4.78, 5) is 11.5. The van der Waals surface area contributed by atoms with E-state index in [4.69, 9.17) is 10.1 Å². The van der Waals surface area contributed by atoms with Crippen molar-refractivity contribution in [3.63, 3.8) is 0 Å². The van der Waals surface area contributed by atoms with Gasteiger partial charge in [0.15, 0.2) is 12.4 Å². The SMILES string of the molecule is N=C([O-])c1cc[n+](COCN2C=C/C(=C\N=O)C(F)=C2)cc1. The minimum Gasteiger partial charge on any atom is -0.859 e. The predicted octanol–water partition coefficient (Wildman–Crippen LogP) is 0.882. The molecular formula is C14H13FN4O3. The molecule has 8 heteroatoms. The smallest absolute Gasteiger partial charge is 0.254 e. The van der Waals surface area contributed by atoms with Gasteiger partial charge in [-0.3, -0.25) is 0 Å². The van der Waals surface area contributed by atoms with Crippen LogP contribution in [0.1, 0.15) is 5.56 Å². The Kier molecular flexibility index (Phi) is 5.10. The van der Waals surface area contributed by atoms with Gasteiger partial charge < -0.3 is 20.2 Å². The van der Waals surface area contributed by atoms with Crippen molar-refractivity contribution < 1.29 is 18.8 Å². The first-order valence-corrected chi connectivity index (χ1v) is 6.27. The summed E-state index contributed by atoms with van der Waals surface area (Å²) in [5.74, 6) is -1.32. The Morgan fingerprint density at radius 2 is 2.23 bits per heavy atom. The van der Waals surface area contributed by atoms with Gasteiger partial charge in [0, 0.05) is 30.1 Å². The molecule has 0 aliphatic carbocycles. The fourth-order valence-electron chi connectivity index (χ4n) is 1.71. The van der Waals surface area contributed by atoms with Gasteiger partial charge in [-0.25, -0.2) is 4.39 Å². The minimum atomic E-state index is -0.749. The van der Waals surface area contributed by atoms with Crippen molar-refractivity contribution in [1.82, 2.24) is 4.90 Å². The molecule has 114 valence electrons. The van der Waals surface area contributed by atoms with Gasteiger partial charge in [-0.15, -0.1) is 4.91 Å². The topological polar surface area (TPSA) is 92.7 Å². The Morgan fingerprint density at radius 3 is 2.82 bits per heavy atom. The van der Waals surface area contributed by atoms with E-state index in [1.807, 2.05) is 0 Å². The first kappa shape index (κ1) is 15.5. The lowest BCUT2D eigenvalue weighted by Gasteiger charge is -2.18. The van der Waals surface area contributed by atoms with Gasteiger partial charge in [0.1, 0.15) is 12.6 Å². The molecule has 1 aromatic rings. The fourth-order valence-corrected chi connectivity index (χ4v) is 1.71. The van der Waals surface area contributed by atoms with Gasteiger partial charge in [-0.05, 0) is 22.7 Å². The van der Waals surface area contributed by atoms with E-state index in [0.29, 0.717) is 5.56 Å². The van der Waals surface area contributed by atoms with Crippen LogP contribution in [0.4, 0.5) is 4.39 Å². The third-order valence-electron chi connectivity index (χ3n) is 2.83. The number of halogens is 1. The number of nitrogens with zero attached hydrogens (tertiary/aromatic N) is 3. The zero-order chi connectivity index (χ0) is 15.9. The molecule has 2 rings (SSSR count). The summed E-state index contributed by atoms with van der Waals surface area (Å²) in [6.45, 7) is 0.308. The van der Waals surface area contributed by atoms with E-state index in [0.717, 1.165) is 6.20 Å². The van der Waals surface area contributed by atoms with Gasteiger partial charge in [0.25, 0.3) is 6.73 Å². The molecular weight excluding hydrogens is 291 g/mol. The number of rotatable bonds is 6. The molecule has 7 nitrogen and oxygen atoms in total. The van der Waals surface area contributed by atoms with Crippen LogP contribution in [0.2, 0.25) is 0 Å². The number of aromatic nitrogens is 1. The van der Waals surface area contributed by atoms with Gasteiger partial charge >= 0.3 is 0 Å². The highest BCUT2D eigenvalue weighted by Crippen LogP contribution is 2.19. The summed E-state index contributed by atoms with van der Waals surface area (Å²) in [5.41, 5.74) is 0.402. The van der Waals surface area contributed by atoms with Crippen LogP contribution in [0, 0.1) is 10.3 Å². The van der Waals surface area contributed by atoms with E-state index in [-0.39, 0.29) is 19.0 Å². The van der Waals surface area contributed by atoms with Crippen molar-refractivity contribution in [1.29, 1.82) is 5.41 Å². The lowest BCUT2D eigenvalue weighted by Crippen LogP contribution is -2.36. The first-order valence-electron chi connectivity index (χ1n) is 6.27. The molecule has 0 spiro atoms. The number of nitrogens with one attached hydrogen (secondary N) is 1. The summed E-state index contributed by atoms with van der Waals surface area (Å²) in [6.07, 6.45) is 8.30. The molecule has 22 heavy (non-hydrogen) atoms. The Morgan fingerprint density at radius 1 is 1.50 bits per heavy atom. The van der Waals surface area contributed by atoms with Crippen LogP contribution in [0.25, 0.3) is 0 Å². The van der Waals surface area contributed by atoms with Crippen molar-refractivity contribution in [2.24, 2.45) is 5.18 Å². The maximum absolute atomic E-state index is 13.5. The second-order valence-electron chi connectivity index (χ2n) is 4.39. The van der Waals surface area contributed by atoms with Crippen LogP contribution >= 0.6 is 0 Å². The average Bonchev–Trinajstić information content (AvgIpc) is 2.50. The molecule has 1 N–H and O–H groups in total. The standard InChI is InChI=1S/C14H13FN4O3/c15-13-8-19(6-3-12(13)7-17-21)10-22-9-18-4-1-11(2-5-18)14(16)20/h1-8H,9-10H2,(H-,16,20)/b12-7+. The first-order chi connectivity index (χ1) is 10.6. The molecule has 0 aromatic carbocycles. The normalized spacial score (nSPS) is 15.8. The van der Waals surface area contributed by atoms with Crippen molar-refractivity contribution in [2.45, 2.75) is 6.73 Å². The molecule has 1 aromatic heterocycles. The van der Waals surface area contributed by atoms with E-state index in [2.05, 4.69) is 5.18 Å². The second kappa shape index (κ2) is 7.23. The Labute approximate surface area is 125 Å². The Bertz CT molecular complexity index is 653. The van der Waals surface area contributed by atoms with Gasteiger partial charge in [-0.1, -0.05) is 0 Å². The zero-order valence-electron chi connectivity index (χ0n) is 11.5. The van der Waals surface area contributed by atoms with Crippen LogP contribution in [0.3, 0.4) is 0 Å². The van der Waals surface area contributed by atoms with E-state index >= 15 is 0 Å². The van der Waals surface area contributed by atoms with Gasteiger partial charge in [-0.2, -0.15) is 4.57 Å². The van der Waals surface area contributed by atoms with E-state index in [1.165, 1.54) is 29.3 Å². The second-order valence-corrected chi connectivity index (χ2v) is 4.39. The minimum absolute atomic E-state index is 0.108. The van der Waals surface area contributed by atoms with Crippen molar-refractivity contribution in [3.8, 4) is 0 Å². The summed E-state index contributed by atoms with van der Waals surface area (Å²) in [5, 5.41) is 20.3. The predicted molar refractivity (Wildman–Crippen MR) is 73.5 cm³/mol. The lowest BCUT2D eigenvalue weighted by atomic mass is 10.2. The van der Waals surface area contributed by atoms with Crippen LogP contribution in [0.5, 0.6) is 0 Å². The third kappa shape index (κ3) is 4.06. The third-order valence-corrected chi connectivity index (χ3v) is 2.83. The average molecular weight is 304 g/mol. The quantitative estimate of drug-likeness (QED) is 0.365. The number of ether oxygens (including phenoxy) is 1. The van der Waals surface area contributed by atoms with Crippen LogP contribution in [0.15, 0.2) is 65.8 Å². The number of hydrogen-bond donors (Lipinski definition) is 1. The summed E-state index contributed by atoms with van der Waals surface area (Å²) in [6, 6.07) is 3.03. The van der Waals surface area contributed by atoms with Crippen molar-refractivity contribution in [2.75, 3.05) is 6.73 Å². The van der Waals surface area contributed by atoms with Gasteiger partial charge in [0.05, 0.1) is 6.20 Å². The van der Waals surface area contributed by atoms with Crippen LogP contribution < -0.4 is 9.67 Å².